The topological polar surface area (TPSA) is 122 Å². The van der Waals surface area contributed by atoms with Crippen molar-refractivity contribution in [1.82, 2.24) is 0 Å². The highest BCUT2D eigenvalue weighted by Gasteiger charge is 2.28. The van der Waals surface area contributed by atoms with Crippen LogP contribution in [0.25, 0.3) is 0 Å². The van der Waals surface area contributed by atoms with Crippen LogP contribution in [0.4, 0.5) is 0 Å². The first-order valence-electron chi connectivity index (χ1n) is 6.03. The van der Waals surface area contributed by atoms with Gasteiger partial charge in [0.25, 0.3) is 0 Å². The van der Waals surface area contributed by atoms with Crippen LogP contribution < -0.4 is 5.73 Å². The number of benzene rings is 1. The second kappa shape index (κ2) is 5.70. The van der Waals surface area contributed by atoms with Crippen LogP contribution in [0.3, 0.4) is 0 Å². The summed E-state index contributed by atoms with van der Waals surface area (Å²) in [5.41, 5.74) is 6.54. The molecule has 0 aliphatic carbocycles. The minimum atomic E-state index is -1.10. The van der Waals surface area contributed by atoms with Gasteiger partial charge in [0.2, 0.25) is 0 Å². The molecule has 0 unspecified atom stereocenters. The lowest BCUT2D eigenvalue weighted by Crippen LogP contribution is -2.34. The molecule has 7 nitrogen and oxygen atoms in total. The maximum absolute atomic E-state index is 11.1. The number of oxime groups is 1. The Hall–Kier alpha value is -2.41. The third-order valence-electron chi connectivity index (χ3n) is 3.04. The second-order valence-corrected chi connectivity index (χ2v) is 4.50. The minimum Gasteiger partial charge on any atom is -0.480 e. The van der Waals surface area contributed by atoms with Crippen LogP contribution in [-0.2, 0) is 9.63 Å². The van der Waals surface area contributed by atoms with Crippen molar-refractivity contribution in [3.63, 3.8) is 0 Å². The predicted molar refractivity (Wildman–Crippen MR) is 69.7 cm³/mol. The Morgan fingerprint density at radius 3 is 2.75 bits per heavy atom. The van der Waals surface area contributed by atoms with Gasteiger partial charge in [-0.25, -0.2) is 4.79 Å². The normalized spacial score (nSPS) is 19.1. The predicted octanol–water partition coefficient (Wildman–Crippen LogP) is 0.680. The maximum Gasteiger partial charge on any atom is 0.336 e. The Morgan fingerprint density at radius 2 is 2.10 bits per heavy atom. The van der Waals surface area contributed by atoms with Gasteiger partial charge in [0, 0.05) is 18.4 Å². The van der Waals surface area contributed by atoms with E-state index in [9.17, 15) is 9.59 Å². The molecule has 1 aromatic rings. The molecule has 0 saturated heterocycles. The summed E-state index contributed by atoms with van der Waals surface area (Å²) < 4.78 is 0. The largest absolute Gasteiger partial charge is 0.480 e. The van der Waals surface area contributed by atoms with E-state index in [0.717, 1.165) is 0 Å². The maximum atomic E-state index is 11.1. The zero-order valence-corrected chi connectivity index (χ0v) is 10.5. The molecule has 0 aromatic heterocycles. The Bertz CT molecular complexity index is 570. The average molecular weight is 278 g/mol. The Kier molecular flexibility index (Phi) is 3.99. The molecule has 0 saturated carbocycles. The van der Waals surface area contributed by atoms with Gasteiger partial charge in [0.05, 0.1) is 11.3 Å². The van der Waals surface area contributed by atoms with Crippen LogP contribution in [0.5, 0.6) is 0 Å². The van der Waals surface area contributed by atoms with Crippen molar-refractivity contribution in [2.75, 3.05) is 0 Å². The van der Waals surface area contributed by atoms with E-state index < -0.39 is 24.1 Å². The third-order valence-corrected chi connectivity index (χ3v) is 3.04. The number of carbonyl (C=O) groups is 2. The van der Waals surface area contributed by atoms with E-state index in [1.165, 1.54) is 6.07 Å². The number of nitrogens with two attached hydrogens (primary N) is 1. The lowest BCUT2D eigenvalue weighted by molar-refractivity contribution is -0.139. The van der Waals surface area contributed by atoms with Gasteiger partial charge in [0.1, 0.15) is 12.1 Å². The summed E-state index contributed by atoms with van der Waals surface area (Å²) in [6, 6.07) is 5.44. The first kappa shape index (κ1) is 14.0. The first-order chi connectivity index (χ1) is 9.49. The molecule has 2 rings (SSSR count). The van der Waals surface area contributed by atoms with Gasteiger partial charge >= 0.3 is 11.9 Å². The molecule has 4 N–H and O–H groups in total. The van der Waals surface area contributed by atoms with Gasteiger partial charge in [-0.15, -0.1) is 0 Å². The lowest BCUT2D eigenvalue weighted by Gasteiger charge is -2.11. The number of aliphatic carboxylic acids is 1. The van der Waals surface area contributed by atoms with E-state index in [-0.39, 0.29) is 12.0 Å². The van der Waals surface area contributed by atoms with Gasteiger partial charge in [0.15, 0.2) is 0 Å². The van der Waals surface area contributed by atoms with Crippen molar-refractivity contribution in [2.24, 2.45) is 10.9 Å². The highest BCUT2D eigenvalue weighted by molar-refractivity contribution is 6.08. The molecule has 1 aliphatic rings. The number of aromatic carboxylic acids is 1. The van der Waals surface area contributed by atoms with Gasteiger partial charge in [-0.3, -0.25) is 4.79 Å². The number of hydrogen-bond acceptors (Lipinski definition) is 5. The zero-order chi connectivity index (χ0) is 14.7. The molecule has 7 heteroatoms. The summed E-state index contributed by atoms with van der Waals surface area (Å²) in [6.07, 6.45) is 0.0148. The van der Waals surface area contributed by atoms with Gasteiger partial charge < -0.3 is 20.8 Å². The van der Waals surface area contributed by atoms with Crippen LogP contribution in [0.15, 0.2) is 29.4 Å². The lowest BCUT2D eigenvalue weighted by atomic mass is 9.97. The summed E-state index contributed by atoms with van der Waals surface area (Å²) in [7, 11) is 0. The summed E-state index contributed by atoms with van der Waals surface area (Å²) in [6.45, 7) is 0. The van der Waals surface area contributed by atoms with E-state index >= 15 is 0 Å². The van der Waals surface area contributed by atoms with Crippen LogP contribution in [0.2, 0.25) is 0 Å². The molecule has 2 atom stereocenters. The van der Waals surface area contributed by atoms with Crippen LogP contribution in [0, 0.1) is 0 Å². The molecule has 0 spiro atoms. The Morgan fingerprint density at radius 1 is 1.40 bits per heavy atom. The van der Waals surface area contributed by atoms with Gasteiger partial charge in [-0.2, -0.15) is 0 Å². The number of carboxylic acids is 2. The van der Waals surface area contributed by atoms with Crippen LogP contribution in [0.1, 0.15) is 28.8 Å². The number of rotatable bonds is 5. The number of hydrogen-bond donors (Lipinski definition) is 3. The second-order valence-electron chi connectivity index (χ2n) is 4.50. The molecular weight excluding hydrogens is 264 g/mol. The van der Waals surface area contributed by atoms with Crippen molar-refractivity contribution in [3.8, 4) is 0 Å². The number of carboxylic acid groups (broad SMARTS) is 2. The Balaban J connectivity index is 2.10. The average Bonchev–Trinajstić information content (AvgIpc) is 2.87. The van der Waals surface area contributed by atoms with Crippen LogP contribution in [-0.4, -0.2) is 40.0 Å². The molecule has 1 aliphatic heterocycles. The van der Waals surface area contributed by atoms with E-state index in [1.807, 2.05) is 0 Å². The molecule has 0 fully saturated rings. The third kappa shape index (κ3) is 2.94. The van der Waals surface area contributed by atoms with E-state index in [4.69, 9.17) is 20.8 Å². The standard InChI is InChI=1S/C13H14N2O5/c14-10(13(18)19)5-7-6-11(15-20-7)8-3-1-2-4-9(8)12(16)17/h1-4,7,10H,5-6,14H2,(H,16,17)(H,18,19)/t7-,10-/m1/s1. The van der Waals surface area contributed by atoms with E-state index in [2.05, 4.69) is 5.16 Å². The summed E-state index contributed by atoms with van der Waals surface area (Å²) in [5, 5.41) is 21.7. The fraction of sp³-hybridized carbons (Fsp3) is 0.308. The SMILES string of the molecule is N[C@H](C[C@@H]1CC(c2ccccc2C(=O)O)=NO1)C(=O)O. The zero-order valence-electron chi connectivity index (χ0n) is 10.5. The summed E-state index contributed by atoms with van der Waals surface area (Å²) >= 11 is 0. The smallest absolute Gasteiger partial charge is 0.336 e. The molecule has 1 heterocycles. The van der Waals surface area contributed by atoms with Crippen molar-refractivity contribution in [1.29, 1.82) is 0 Å². The van der Waals surface area contributed by atoms with Gasteiger partial charge in [-0.1, -0.05) is 23.4 Å². The van der Waals surface area contributed by atoms with E-state index in [0.29, 0.717) is 17.7 Å². The molecule has 0 radical (unpaired) electrons. The van der Waals surface area contributed by atoms with Crippen molar-refractivity contribution >= 4 is 17.7 Å². The van der Waals surface area contributed by atoms with Crippen molar-refractivity contribution in [3.05, 3.63) is 35.4 Å². The summed E-state index contributed by atoms with van der Waals surface area (Å²) in [5.74, 6) is -2.15. The van der Waals surface area contributed by atoms with Crippen LogP contribution >= 0.6 is 0 Å². The Labute approximate surface area is 114 Å². The first-order valence-corrected chi connectivity index (χ1v) is 6.03. The quantitative estimate of drug-likeness (QED) is 0.728. The summed E-state index contributed by atoms with van der Waals surface area (Å²) in [4.78, 5) is 26.9. The molecule has 0 amide bonds. The highest BCUT2D eigenvalue weighted by Crippen LogP contribution is 2.22. The molecule has 0 bridgehead atoms. The van der Waals surface area contributed by atoms with Gasteiger partial charge in [-0.05, 0) is 6.07 Å². The fourth-order valence-electron chi connectivity index (χ4n) is 2.02. The fourth-order valence-corrected chi connectivity index (χ4v) is 2.02. The molecule has 1 aromatic carbocycles. The molecule has 106 valence electrons. The van der Waals surface area contributed by atoms with Crippen molar-refractivity contribution in [2.45, 2.75) is 25.0 Å². The monoisotopic (exact) mass is 278 g/mol. The highest BCUT2D eigenvalue weighted by atomic mass is 16.6. The molecular formula is C13H14N2O5. The molecule has 20 heavy (non-hydrogen) atoms. The number of nitrogens with zero attached hydrogens (tertiary/aromatic N) is 1. The van der Waals surface area contributed by atoms with E-state index in [1.54, 1.807) is 18.2 Å². The van der Waals surface area contributed by atoms with Crippen molar-refractivity contribution < 1.29 is 24.6 Å². The minimum absolute atomic E-state index is 0.123.